The first-order valence-corrected chi connectivity index (χ1v) is 5.74. The lowest BCUT2D eigenvalue weighted by atomic mass is 10.1. The quantitative estimate of drug-likeness (QED) is 0.777. The molecule has 0 bridgehead atoms. The van der Waals surface area contributed by atoms with Crippen molar-refractivity contribution in [2.75, 3.05) is 6.54 Å². The lowest BCUT2D eigenvalue weighted by molar-refractivity contribution is 0.186. The summed E-state index contributed by atoms with van der Waals surface area (Å²) in [4.78, 5) is 0. The van der Waals surface area contributed by atoms with Crippen molar-refractivity contribution < 1.29 is 9.50 Å². The SMILES string of the molecule is CC(O)CNC(C)CCc1cccc(F)c1. The standard InChI is InChI=1S/C13H20FNO/c1-10(15-9-11(2)16)6-7-12-4-3-5-13(14)8-12/h3-5,8,10-11,15-16H,6-7,9H2,1-2H3. The van der Waals surface area contributed by atoms with Gasteiger partial charge in [-0.3, -0.25) is 0 Å². The lowest BCUT2D eigenvalue weighted by Gasteiger charge is -2.14. The Morgan fingerprint density at radius 3 is 2.75 bits per heavy atom. The zero-order chi connectivity index (χ0) is 12.0. The first kappa shape index (κ1) is 13.1. The van der Waals surface area contributed by atoms with E-state index in [2.05, 4.69) is 12.2 Å². The number of rotatable bonds is 6. The molecule has 2 nitrogen and oxygen atoms in total. The van der Waals surface area contributed by atoms with Crippen molar-refractivity contribution in [3.05, 3.63) is 35.6 Å². The number of hydrogen-bond acceptors (Lipinski definition) is 2. The zero-order valence-corrected chi connectivity index (χ0v) is 9.91. The third-order valence-corrected chi connectivity index (χ3v) is 2.52. The van der Waals surface area contributed by atoms with Gasteiger partial charge in [-0.15, -0.1) is 0 Å². The smallest absolute Gasteiger partial charge is 0.123 e. The normalized spacial score (nSPS) is 14.8. The molecule has 2 atom stereocenters. The molecule has 16 heavy (non-hydrogen) atoms. The molecule has 0 fully saturated rings. The van der Waals surface area contributed by atoms with Crippen molar-refractivity contribution in [2.24, 2.45) is 0 Å². The van der Waals surface area contributed by atoms with Gasteiger partial charge in [0.05, 0.1) is 6.10 Å². The number of halogens is 1. The van der Waals surface area contributed by atoms with Crippen LogP contribution in [-0.4, -0.2) is 23.8 Å². The summed E-state index contributed by atoms with van der Waals surface area (Å²) < 4.78 is 12.9. The molecule has 1 rings (SSSR count). The van der Waals surface area contributed by atoms with Gasteiger partial charge in [0.25, 0.3) is 0 Å². The average molecular weight is 225 g/mol. The zero-order valence-electron chi connectivity index (χ0n) is 9.91. The van der Waals surface area contributed by atoms with Crippen LogP contribution in [0.1, 0.15) is 25.8 Å². The van der Waals surface area contributed by atoms with Crippen LogP contribution in [0.2, 0.25) is 0 Å². The first-order chi connectivity index (χ1) is 7.58. The van der Waals surface area contributed by atoms with Gasteiger partial charge in [-0.05, 0) is 44.4 Å². The van der Waals surface area contributed by atoms with Crippen LogP contribution < -0.4 is 5.32 Å². The van der Waals surface area contributed by atoms with E-state index in [1.165, 1.54) is 6.07 Å². The summed E-state index contributed by atoms with van der Waals surface area (Å²) in [6.45, 7) is 4.43. The van der Waals surface area contributed by atoms with Crippen LogP contribution in [-0.2, 0) is 6.42 Å². The van der Waals surface area contributed by atoms with E-state index in [-0.39, 0.29) is 11.9 Å². The Labute approximate surface area is 96.5 Å². The van der Waals surface area contributed by atoms with E-state index in [4.69, 9.17) is 5.11 Å². The van der Waals surface area contributed by atoms with Crippen molar-refractivity contribution in [2.45, 2.75) is 38.8 Å². The van der Waals surface area contributed by atoms with Crippen LogP contribution in [0.25, 0.3) is 0 Å². The highest BCUT2D eigenvalue weighted by Crippen LogP contribution is 2.07. The first-order valence-electron chi connectivity index (χ1n) is 5.74. The molecule has 0 aliphatic rings. The van der Waals surface area contributed by atoms with Gasteiger partial charge < -0.3 is 10.4 Å². The van der Waals surface area contributed by atoms with Crippen LogP contribution >= 0.6 is 0 Å². The largest absolute Gasteiger partial charge is 0.392 e. The van der Waals surface area contributed by atoms with Crippen LogP contribution in [0.4, 0.5) is 4.39 Å². The topological polar surface area (TPSA) is 32.3 Å². The molecule has 2 unspecified atom stereocenters. The van der Waals surface area contributed by atoms with Crippen LogP contribution in [0.15, 0.2) is 24.3 Å². The molecular weight excluding hydrogens is 205 g/mol. The third kappa shape index (κ3) is 5.24. The number of nitrogens with one attached hydrogen (secondary N) is 1. The predicted octanol–water partition coefficient (Wildman–Crippen LogP) is 2.12. The Bertz CT molecular complexity index is 315. The van der Waals surface area contributed by atoms with Crippen molar-refractivity contribution >= 4 is 0 Å². The summed E-state index contributed by atoms with van der Waals surface area (Å²) in [6, 6.07) is 7.03. The van der Waals surface area contributed by atoms with Gasteiger partial charge in [0.15, 0.2) is 0 Å². The monoisotopic (exact) mass is 225 g/mol. The molecule has 0 aliphatic heterocycles. The van der Waals surface area contributed by atoms with E-state index in [0.29, 0.717) is 12.6 Å². The molecule has 0 spiro atoms. The van der Waals surface area contributed by atoms with E-state index >= 15 is 0 Å². The highest BCUT2D eigenvalue weighted by atomic mass is 19.1. The molecule has 2 N–H and O–H groups in total. The van der Waals surface area contributed by atoms with Gasteiger partial charge >= 0.3 is 0 Å². The third-order valence-electron chi connectivity index (χ3n) is 2.52. The maximum Gasteiger partial charge on any atom is 0.123 e. The van der Waals surface area contributed by atoms with E-state index in [1.807, 2.05) is 6.07 Å². The van der Waals surface area contributed by atoms with E-state index < -0.39 is 0 Å². The summed E-state index contributed by atoms with van der Waals surface area (Å²) in [7, 11) is 0. The molecule has 0 amide bonds. The number of aliphatic hydroxyl groups excluding tert-OH is 1. The van der Waals surface area contributed by atoms with Crippen LogP contribution in [0, 0.1) is 5.82 Å². The molecule has 90 valence electrons. The Morgan fingerprint density at radius 1 is 1.38 bits per heavy atom. The van der Waals surface area contributed by atoms with Crippen molar-refractivity contribution in [3.63, 3.8) is 0 Å². The second-order valence-corrected chi connectivity index (χ2v) is 4.33. The van der Waals surface area contributed by atoms with E-state index in [9.17, 15) is 4.39 Å². The Morgan fingerprint density at radius 2 is 2.12 bits per heavy atom. The highest BCUT2D eigenvalue weighted by molar-refractivity contribution is 5.16. The van der Waals surface area contributed by atoms with Crippen molar-refractivity contribution in [1.29, 1.82) is 0 Å². The fourth-order valence-electron chi connectivity index (χ4n) is 1.55. The lowest BCUT2D eigenvalue weighted by Crippen LogP contribution is -2.32. The van der Waals surface area contributed by atoms with Gasteiger partial charge in [-0.25, -0.2) is 4.39 Å². The summed E-state index contributed by atoms with van der Waals surface area (Å²) in [5.41, 5.74) is 1.02. The van der Waals surface area contributed by atoms with Crippen LogP contribution in [0.3, 0.4) is 0 Å². The van der Waals surface area contributed by atoms with Gasteiger partial charge in [-0.1, -0.05) is 12.1 Å². The maximum absolute atomic E-state index is 12.9. The summed E-state index contributed by atoms with van der Waals surface area (Å²) in [5.74, 6) is -0.179. The number of benzene rings is 1. The van der Waals surface area contributed by atoms with Crippen LogP contribution in [0.5, 0.6) is 0 Å². The average Bonchev–Trinajstić information content (AvgIpc) is 2.23. The van der Waals surface area contributed by atoms with Gasteiger partial charge in [0.2, 0.25) is 0 Å². The number of hydrogen-bond donors (Lipinski definition) is 2. The molecular formula is C13H20FNO. The van der Waals surface area contributed by atoms with Gasteiger partial charge in [0.1, 0.15) is 5.82 Å². The molecule has 1 aromatic rings. The number of aryl methyl sites for hydroxylation is 1. The maximum atomic E-state index is 12.9. The highest BCUT2D eigenvalue weighted by Gasteiger charge is 2.04. The molecule has 0 aliphatic carbocycles. The van der Waals surface area contributed by atoms with Gasteiger partial charge in [0, 0.05) is 12.6 Å². The van der Waals surface area contributed by atoms with E-state index in [1.54, 1.807) is 19.1 Å². The van der Waals surface area contributed by atoms with Crippen molar-refractivity contribution in [1.82, 2.24) is 5.32 Å². The molecule has 0 radical (unpaired) electrons. The fraction of sp³-hybridized carbons (Fsp3) is 0.538. The number of aliphatic hydroxyl groups is 1. The summed E-state index contributed by atoms with van der Waals surface area (Å²) >= 11 is 0. The summed E-state index contributed by atoms with van der Waals surface area (Å²) in [6.07, 6.45) is 1.47. The Balaban J connectivity index is 2.28. The Hall–Kier alpha value is -0.930. The minimum atomic E-state index is -0.323. The predicted molar refractivity (Wildman–Crippen MR) is 63.9 cm³/mol. The van der Waals surface area contributed by atoms with Crippen molar-refractivity contribution in [3.8, 4) is 0 Å². The molecule has 0 aromatic heterocycles. The molecule has 0 saturated heterocycles. The second kappa shape index (κ2) is 6.61. The molecule has 3 heteroatoms. The molecule has 0 heterocycles. The second-order valence-electron chi connectivity index (χ2n) is 4.33. The minimum absolute atomic E-state index is 0.179. The minimum Gasteiger partial charge on any atom is -0.392 e. The molecule has 1 aromatic carbocycles. The molecule has 0 saturated carbocycles. The van der Waals surface area contributed by atoms with E-state index in [0.717, 1.165) is 18.4 Å². The fourth-order valence-corrected chi connectivity index (χ4v) is 1.55. The summed E-state index contributed by atoms with van der Waals surface area (Å²) in [5, 5.41) is 12.3. The Kier molecular flexibility index (Phi) is 5.43. The van der Waals surface area contributed by atoms with Gasteiger partial charge in [-0.2, -0.15) is 0 Å².